The van der Waals surface area contributed by atoms with E-state index in [4.69, 9.17) is 4.74 Å². The van der Waals surface area contributed by atoms with Gasteiger partial charge in [0.15, 0.2) is 0 Å². The molecule has 1 heterocycles. The normalized spacial score (nSPS) is 10.5. The lowest BCUT2D eigenvalue weighted by Crippen LogP contribution is -2.41. The van der Waals surface area contributed by atoms with Gasteiger partial charge in [0.25, 0.3) is 11.8 Å². The predicted molar refractivity (Wildman–Crippen MR) is 149 cm³/mol. The molecule has 0 radical (unpaired) electrons. The Morgan fingerprint density at radius 1 is 0.718 bits per heavy atom. The molecular formula is C29H28N4O5S. The summed E-state index contributed by atoms with van der Waals surface area (Å²) in [5.74, 6) is -0.660. The minimum absolute atomic E-state index is 0.277. The maximum atomic E-state index is 12.5. The number of esters is 1. The summed E-state index contributed by atoms with van der Waals surface area (Å²) in [7, 11) is 1.28. The second kappa shape index (κ2) is 13.3. The fourth-order valence-electron chi connectivity index (χ4n) is 3.59. The van der Waals surface area contributed by atoms with E-state index >= 15 is 0 Å². The van der Waals surface area contributed by atoms with Crippen molar-refractivity contribution in [2.24, 2.45) is 0 Å². The molecule has 0 bridgehead atoms. The third-order valence-corrected chi connectivity index (χ3v) is 6.82. The molecule has 3 aromatic carbocycles. The smallest absolute Gasteiger partial charge is 0.337 e. The van der Waals surface area contributed by atoms with Crippen LogP contribution in [0.2, 0.25) is 0 Å². The number of amides is 2. The summed E-state index contributed by atoms with van der Waals surface area (Å²) in [5, 5.41) is 10.1. The van der Waals surface area contributed by atoms with Crippen LogP contribution < -0.4 is 15.6 Å². The monoisotopic (exact) mass is 544 g/mol. The Balaban J connectivity index is 1.31. The van der Waals surface area contributed by atoms with E-state index in [-0.39, 0.29) is 5.56 Å². The van der Waals surface area contributed by atoms with E-state index in [1.54, 1.807) is 24.3 Å². The van der Waals surface area contributed by atoms with Crippen molar-refractivity contribution in [2.45, 2.75) is 26.2 Å². The molecule has 10 heteroatoms. The molecule has 0 aliphatic carbocycles. The number of unbranched alkanes of at least 4 members (excludes halogenated alkanes) is 2. The minimum atomic E-state index is -0.520. The molecule has 1 aromatic heterocycles. The van der Waals surface area contributed by atoms with Crippen molar-refractivity contribution in [3.05, 3.63) is 89.5 Å². The molecule has 200 valence electrons. The summed E-state index contributed by atoms with van der Waals surface area (Å²) >= 11 is 1.45. The molecule has 0 atom stereocenters. The second-order valence-electron chi connectivity index (χ2n) is 8.55. The van der Waals surface area contributed by atoms with E-state index in [0.29, 0.717) is 17.7 Å². The third kappa shape index (κ3) is 7.26. The number of carbonyl (C=O) groups excluding carboxylic acids is 3. The number of hydrazine groups is 1. The van der Waals surface area contributed by atoms with E-state index < -0.39 is 17.8 Å². The molecule has 0 aliphatic rings. The van der Waals surface area contributed by atoms with Crippen molar-refractivity contribution in [1.82, 2.24) is 21.0 Å². The fraction of sp³-hybridized carbons (Fsp3) is 0.207. The van der Waals surface area contributed by atoms with E-state index in [0.717, 1.165) is 46.2 Å². The van der Waals surface area contributed by atoms with Crippen molar-refractivity contribution in [3.63, 3.8) is 0 Å². The number of nitrogens with zero attached hydrogens (tertiary/aromatic N) is 2. The van der Waals surface area contributed by atoms with Gasteiger partial charge in [-0.15, -0.1) is 10.2 Å². The first kappa shape index (κ1) is 27.5. The topological polar surface area (TPSA) is 120 Å². The highest BCUT2D eigenvalue weighted by molar-refractivity contribution is 7.17. The molecule has 0 unspecified atom stereocenters. The van der Waals surface area contributed by atoms with Crippen LogP contribution in [0.4, 0.5) is 0 Å². The van der Waals surface area contributed by atoms with Crippen LogP contribution in [0.3, 0.4) is 0 Å². The lowest BCUT2D eigenvalue weighted by atomic mass is 10.1. The Bertz CT molecular complexity index is 1420. The highest BCUT2D eigenvalue weighted by Gasteiger charge is 2.13. The summed E-state index contributed by atoms with van der Waals surface area (Å²) in [5.41, 5.74) is 7.48. The number of rotatable bonds is 10. The van der Waals surface area contributed by atoms with Crippen LogP contribution >= 0.6 is 11.3 Å². The summed E-state index contributed by atoms with van der Waals surface area (Å²) in [6, 6.07) is 20.5. The van der Waals surface area contributed by atoms with Gasteiger partial charge in [0.1, 0.15) is 15.8 Å². The van der Waals surface area contributed by atoms with E-state index in [1.165, 1.54) is 42.7 Å². The zero-order valence-corrected chi connectivity index (χ0v) is 22.4. The SMILES string of the molecule is CCCCCOc1ccc(-c2nnc(-c3ccc(C(=O)NNC(=O)c4ccc(C(=O)OC)cc4)cc3)s2)cc1. The summed E-state index contributed by atoms with van der Waals surface area (Å²) in [6.45, 7) is 2.88. The van der Waals surface area contributed by atoms with Crippen molar-refractivity contribution < 1.29 is 23.9 Å². The molecule has 0 aliphatic heterocycles. The maximum Gasteiger partial charge on any atom is 0.337 e. The van der Waals surface area contributed by atoms with E-state index in [2.05, 4.69) is 32.7 Å². The first-order chi connectivity index (χ1) is 19.0. The summed E-state index contributed by atoms with van der Waals surface area (Å²) < 4.78 is 10.4. The first-order valence-electron chi connectivity index (χ1n) is 12.4. The lowest BCUT2D eigenvalue weighted by molar-refractivity contribution is 0.0600. The molecule has 2 amide bonds. The molecule has 2 N–H and O–H groups in total. The van der Waals surface area contributed by atoms with Crippen LogP contribution in [0.25, 0.3) is 21.1 Å². The van der Waals surface area contributed by atoms with Crippen molar-refractivity contribution in [3.8, 4) is 26.9 Å². The number of hydrogen-bond donors (Lipinski definition) is 2. The fourth-order valence-corrected chi connectivity index (χ4v) is 4.44. The van der Waals surface area contributed by atoms with Crippen LogP contribution in [-0.2, 0) is 4.74 Å². The van der Waals surface area contributed by atoms with Gasteiger partial charge in [-0.1, -0.05) is 43.2 Å². The largest absolute Gasteiger partial charge is 0.494 e. The molecule has 39 heavy (non-hydrogen) atoms. The van der Waals surface area contributed by atoms with Gasteiger partial charge in [-0.05, 0) is 67.1 Å². The first-order valence-corrected chi connectivity index (χ1v) is 13.3. The van der Waals surface area contributed by atoms with Crippen LogP contribution in [-0.4, -0.2) is 41.7 Å². The average Bonchev–Trinajstić information content (AvgIpc) is 3.48. The van der Waals surface area contributed by atoms with Gasteiger partial charge in [-0.25, -0.2) is 4.79 Å². The number of ether oxygens (including phenoxy) is 2. The van der Waals surface area contributed by atoms with Gasteiger partial charge in [-0.3, -0.25) is 20.4 Å². The van der Waals surface area contributed by atoms with Gasteiger partial charge >= 0.3 is 5.97 Å². The Labute approximate surface area is 230 Å². The van der Waals surface area contributed by atoms with Crippen LogP contribution in [0.1, 0.15) is 57.3 Å². The Morgan fingerprint density at radius 3 is 1.72 bits per heavy atom. The second-order valence-corrected chi connectivity index (χ2v) is 9.52. The highest BCUT2D eigenvalue weighted by atomic mass is 32.1. The third-order valence-electron chi connectivity index (χ3n) is 5.79. The van der Waals surface area contributed by atoms with Gasteiger partial charge in [0.05, 0.1) is 19.3 Å². The number of aromatic nitrogens is 2. The Kier molecular flexibility index (Phi) is 9.36. The molecular weight excluding hydrogens is 516 g/mol. The zero-order valence-electron chi connectivity index (χ0n) is 21.6. The maximum absolute atomic E-state index is 12.5. The number of hydrogen-bond acceptors (Lipinski definition) is 8. The molecule has 4 rings (SSSR count). The van der Waals surface area contributed by atoms with Crippen LogP contribution in [0.15, 0.2) is 72.8 Å². The van der Waals surface area contributed by atoms with Gasteiger partial charge in [0, 0.05) is 22.3 Å². The molecule has 4 aromatic rings. The lowest BCUT2D eigenvalue weighted by Gasteiger charge is -2.08. The van der Waals surface area contributed by atoms with Gasteiger partial charge in [-0.2, -0.15) is 0 Å². The standard InChI is InChI=1S/C29H28N4O5S/c1-3-4-5-18-38-24-16-14-22(15-17-24)28-33-32-27(39-28)21-10-6-19(7-11-21)25(34)30-31-26(35)20-8-12-23(13-9-20)29(36)37-2/h6-17H,3-5,18H2,1-2H3,(H,30,34)(H,31,35). The van der Waals surface area contributed by atoms with E-state index in [9.17, 15) is 14.4 Å². The molecule has 0 saturated heterocycles. The Hall–Kier alpha value is -4.57. The summed E-state index contributed by atoms with van der Waals surface area (Å²) in [4.78, 5) is 36.3. The average molecular weight is 545 g/mol. The number of carbonyl (C=O) groups is 3. The van der Waals surface area contributed by atoms with Crippen molar-refractivity contribution in [1.29, 1.82) is 0 Å². The molecule has 0 spiro atoms. The quantitative estimate of drug-likeness (QED) is 0.158. The van der Waals surface area contributed by atoms with E-state index in [1.807, 2.05) is 24.3 Å². The zero-order chi connectivity index (χ0) is 27.6. The highest BCUT2D eigenvalue weighted by Crippen LogP contribution is 2.31. The Morgan fingerprint density at radius 2 is 1.21 bits per heavy atom. The van der Waals surface area contributed by atoms with Gasteiger partial charge < -0.3 is 9.47 Å². The van der Waals surface area contributed by atoms with Crippen LogP contribution in [0, 0.1) is 0 Å². The number of nitrogens with one attached hydrogen (secondary N) is 2. The molecule has 9 nitrogen and oxygen atoms in total. The van der Waals surface area contributed by atoms with Crippen molar-refractivity contribution in [2.75, 3.05) is 13.7 Å². The number of methoxy groups -OCH3 is 1. The molecule has 0 fully saturated rings. The summed E-state index contributed by atoms with van der Waals surface area (Å²) in [6.07, 6.45) is 3.36. The van der Waals surface area contributed by atoms with Gasteiger partial charge in [0.2, 0.25) is 0 Å². The minimum Gasteiger partial charge on any atom is -0.494 e. The number of benzene rings is 3. The van der Waals surface area contributed by atoms with Crippen molar-refractivity contribution >= 4 is 29.1 Å². The van der Waals surface area contributed by atoms with Crippen LogP contribution in [0.5, 0.6) is 5.75 Å². The predicted octanol–water partition coefficient (Wildman–Crippen LogP) is 5.30. The molecule has 0 saturated carbocycles.